The van der Waals surface area contributed by atoms with Gasteiger partial charge in [-0.05, 0) is 75.5 Å². The Morgan fingerprint density at radius 3 is 2.39 bits per heavy atom. The van der Waals surface area contributed by atoms with Crippen LogP contribution in [0, 0.1) is 12.3 Å². The molecule has 0 N–H and O–H groups in total. The van der Waals surface area contributed by atoms with Gasteiger partial charge in [0.05, 0.1) is 12.0 Å². The molecule has 0 aromatic heterocycles. The summed E-state index contributed by atoms with van der Waals surface area (Å²) in [7, 11) is 0.307. The molecule has 0 radical (unpaired) electrons. The molecule has 0 aliphatic carbocycles. The summed E-state index contributed by atoms with van der Waals surface area (Å²) < 4.78 is 32.9. The van der Waals surface area contributed by atoms with Crippen molar-refractivity contribution in [3.8, 4) is 5.75 Å². The Morgan fingerprint density at radius 1 is 1.13 bits per heavy atom. The maximum absolute atomic E-state index is 13.0. The fourth-order valence-electron chi connectivity index (χ4n) is 3.78. The Labute approximate surface area is 139 Å². The largest absolute Gasteiger partial charge is 0.497 e. The van der Waals surface area contributed by atoms with Crippen LogP contribution in [0.1, 0.15) is 24.8 Å². The van der Waals surface area contributed by atoms with Crippen LogP contribution < -0.4 is 4.74 Å². The zero-order chi connectivity index (χ0) is 16.7. The molecule has 2 heterocycles. The van der Waals surface area contributed by atoms with Gasteiger partial charge in [0.2, 0.25) is 10.0 Å². The first-order chi connectivity index (χ1) is 10.9. The fourth-order valence-corrected chi connectivity index (χ4v) is 5.54. The van der Waals surface area contributed by atoms with Crippen LogP contribution in [-0.2, 0) is 10.0 Å². The summed E-state index contributed by atoms with van der Waals surface area (Å²) in [5.74, 6) is 0.689. The average molecular weight is 338 g/mol. The third kappa shape index (κ3) is 3.12. The molecule has 2 aliphatic rings. The van der Waals surface area contributed by atoms with Gasteiger partial charge in [-0.25, -0.2) is 8.42 Å². The van der Waals surface area contributed by atoms with Crippen molar-refractivity contribution >= 4 is 10.0 Å². The van der Waals surface area contributed by atoms with Crippen molar-refractivity contribution in [2.75, 3.05) is 40.3 Å². The number of likely N-dealkylation sites (tertiary alicyclic amines) is 1. The molecule has 128 valence electrons. The second kappa shape index (κ2) is 6.07. The fraction of sp³-hybridized carbons (Fsp3) is 0.647. The molecule has 0 saturated carbocycles. The van der Waals surface area contributed by atoms with Crippen molar-refractivity contribution < 1.29 is 13.2 Å². The van der Waals surface area contributed by atoms with Gasteiger partial charge in [-0.2, -0.15) is 4.31 Å². The second-order valence-electron chi connectivity index (χ2n) is 7.02. The van der Waals surface area contributed by atoms with E-state index in [1.54, 1.807) is 29.6 Å². The third-order valence-electron chi connectivity index (χ3n) is 5.45. The lowest BCUT2D eigenvalue weighted by atomic mass is 9.78. The minimum absolute atomic E-state index is 0.181. The van der Waals surface area contributed by atoms with Crippen molar-refractivity contribution in [3.63, 3.8) is 0 Å². The Bertz CT molecular complexity index is 679. The van der Waals surface area contributed by atoms with E-state index in [1.807, 2.05) is 6.92 Å². The highest BCUT2D eigenvalue weighted by Gasteiger charge is 2.44. The van der Waals surface area contributed by atoms with Crippen LogP contribution in [0.4, 0.5) is 0 Å². The predicted molar refractivity (Wildman–Crippen MR) is 90.3 cm³/mol. The Morgan fingerprint density at radius 2 is 1.78 bits per heavy atom. The smallest absolute Gasteiger partial charge is 0.243 e. The van der Waals surface area contributed by atoms with Crippen molar-refractivity contribution in [3.05, 3.63) is 23.8 Å². The monoisotopic (exact) mass is 338 g/mol. The van der Waals surface area contributed by atoms with E-state index in [-0.39, 0.29) is 5.41 Å². The van der Waals surface area contributed by atoms with E-state index < -0.39 is 10.0 Å². The highest BCUT2D eigenvalue weighted by Crippen LogP contribution is 2.42. The van der Waals surface area contributed by atoms with Gasteiger partial charge < -0.3 is 9.64 Å². The summed E-state index contributed by atoms with van der Waals surface area (Å²) >= 11 is 0. The molecule has 23 heavy (non-hydrogen) atoms. The van der Waals surface area contributed by atoms with Gasteiger partial charge in [0.1, 0.15) is 5.75 Å². The zero-order valence-corrected chi connectivity index (χ0v) is 15.0. The minimum Gasteiger partial charge on any atom is -0.497 e. The number of sulfonamides is 1. The number of methoxy groups -OCH3 is 1. The van der Waals surface area contributed by atoms with E-state index in [2.05, 4.69) is 11.9 Å². The van der Waals surface area contributed by atoms with E-state index in [1.165, 1.54) is 0 Å². The molecule has 3 rings (SSSR count). The molecule has 2 saturated heterocycles. The van der Waals surface area contributed by atoms with Gasteiger partial charge in [0.25, 0.3) is 0 Å². The number of rotatable bonds is 3. The van der Waals surface area contributed by atoms with Crippen LogP contribution in [-0.4, -0.2) is 58.0 Å². The number of nitrogens with zero attached hydrogens (tertiary/aromatic N) is 2. The summed E-state index contributed by atoms with van der Waals surface area (Å²) in [6.07, 6.45) is 3.17. The summed E-state index contributed by atoms with van der Waals surface area (Å²) in [5, 5.41) is 0. The van der Waals surface area contributed by atoms with Gasteiger partial charge in [-0.1, -0.05) is 0 Å². The molecule has 5 nitrogen and oxygen atoms in total. The first kappa shape index (κ1) is 16.7. The first-order valence-corrected chi connectivity index (χ1v) is 9.64. The summed E-state index contributed by atoms with van der Waals surface area (Å²) in [4.78, 5) is 2.74. The number of hydrogen-bond donors (Lipinski definition) is 0. The molecule has 0 atom stereocenters. The van der Waals surface area contributed by atoms with Gasteiger partial charge in [-0.15, -0.1) is 0 Å². The highest BCUT2D eigenvalue weighted by atomic mass is 32.2. The molecule has 6 heteroatoms. The standard InChI is InChI=1S/C17H26N2O3S/c1-14-12-15(22-3)4-5-16(14)23(20,21)19-11-8-17(13-19)6-9-18(2)10-7-17/h4-5,12H,6-11,13H2,1-3H3. The van der Waals surface area contributed by atoms with E-state index >= 15 is 0 Å². The van der Waals surface area contributed by atoms with Crippen molar-refractivity contribution in [2.45, 2.75) is 31.1 Å². The lowest BCUT2D eigenvalue weighted by Gasteiger charge is -2.37. The van der Waals surface area contributed by atoms with Crippen LogP contribution in [0.2, 0.25) is 0 Å². The van der Waals surface area contributed by atoms with Crippen LogP contribution in [0.5, 0.6) is 5.75 Å². The summed E-state index contributed by atoms with van der Waals surface area (Å²) in [6.45, 7) is 5.26. The molecule has 0 unspecified atom stereocenters. The molecular weight excluding hydrogens is 312 g/mol. The topological polar surface area (TPSA) is 49.9 Å². The van der Waals surface area contributed by atoms with Crippen molar-refractivity contribution in [1.82, 2.24) is 9.21 Å². The van der Waals surface area contributed by atoms with E-state index in [9.17, 15) is 8.42 Å². The molecule has 0 bridgehead atoms. The lowest BCUT2D eigenvalue weighted by Crippen LogP contribution is -2.40. The maximum atomic E-state index is 13.0. The molecule has 2 aliphatic heterocycles. The SMILES string of the molecule is COc1ccc(S(=O)(=O)N2CCC3(CCN(C)CC3)C2)c(C)c1. The molecule has 1 aromatic rings. The Balaban J connectivity index is 1.81. The number of ether oxygens (including phenoxy) is 1. The summed E-state index contributed by atoms with van der Waals surface area (Å²) in [5.41, 5.74) is 0.925. The van der Waals surface area contributed by atoms with Crippen LogP contribution >= 0.6 is 0 Å². The first-order valence-electron chi connectivity index (χ1n) is 8.20. The van der Waals surface area contributed by atoms with Gasteiger partial charge in [0.15, 0.2) is 0 Å². The zero-order valence-electron chi connectivity index (χ0n) is 14.2. The van der Waals surface area contributed by atoms with Crippen molar-refractivity contribution in [2.24, 2.45) is 5.41 Å². The maximum Gasteiger partial charge on any atom is 0.243 e. The molecule has 1 aromatic carbocycles. The van der Waals surface area contributed by atoms with Crippen LogP contribution in [0.15, 0.2) is 23.1 Å². The third-order valence-corrected chi connectivity index (χ3v) is 7.46. The molecule has 2 fully saturated rings. The average Bonchev–Trinajstić information content (AvgIpc) is 2.95. The van der Waals surface area contributed by atoms with Crippen LogP contribution in [0.25, 0.3) is 0 Å². The second-order valence-corrected chi connectivity index (χ2v) is 8.93. The van der Waals surface area contributed by atoms with E-state index in [0.29, 0.717) is 23.7 Å². The van der Waals surface area contributed by atoms with Gasteiger partial charge in [0, 0.05) is 13.1 Å². The minimum atomic E-state index is -3.42. The van der Waals surface area contributed by atoms with Crippen molar-refractivity contribution in [1.29, 1.82) is 0 Å². The van der Waals surface area contributed by atoms with E-state index in [0.717, 1.165) is 37.9 Å². The Kier molecular flexibility index (Phi) is 4.42. The molecule has 1 spiro atoms. The predicted octanol–water partition coefficient (Wildman–Crippen LogP) is 2.11. The summed E-state index contributed by atoms with van der Waals surface area (Å²) in [6, 6.07) is 5.18. The lowest BCUT2D eigenvalue weighted by molar-refractivity contribution is 0.134. The number of hydrogen-bond acceptors (Lipinski definition) is 4. The highest BCUT2D eigenvalue weighted by molar-refractivity contribution is 7.89. The number of piperidine rings is 1. The Hall–Kier alpha value is -1.11. The number of aryl methyl sites for hydroxylation is 1. The van der Waals surface area contributed by atoms with Gasteiger partial charge >= 0.3 is 0 Å². The quantitative estimate of drug-likeness (QED) is 0.847. The van der Waals surface area contributed by atoms with Gasteiger partial charge in [-0.3, -0.25) is 0 Å². The van der Waals surface area contributed by atoms with Crippen LogP contribution in [0.3, 0.4) is 0 Å². The number of benzene rings is 1. The normalized spacial score (nSPS) is 22.6. The molecular formula is C17H26N2O3S. The van der Waals surface area contributed by atoms with E-state index in [4.69, 9.17) is 4.74 Å². The molecule has 0 amide bonds.